The fourth-order valence-electron chi connectivity index (χ4n) is 1.92. The SMILES string of the molecule is CS(=O)(=O)c1ccc(CSc2ncc(-c3ccccc3)[nH]2)o1. The third kappa shape index (κ3) is 3.42. The number of aromatic amines is 1. The second-order valence-electron chi connectivity index (χ2n) is 4.75. The van der Waals surface area contributed by atoms with Crippen molar-refractivity contribution in [2.45, 2.75) is 16.0 Å². The third-order valence-corrected chi connectivity index (χ3v) is 4.85. The number of benzene rings is 1. The summed E-state index contributed by atoms with van der Waals surface area (Å²) in [6, 6.07) is 13.1. The molecule has 2 heterocycles. The molecule has 0 aliphatic heterocycles. The Morgan fingerprint density at radius 3 is 2.64 bits per heavy atom. The maximum absolute atomic E-state index is 11.4. The molecule has 0 unspecified atom stereocenters. The zero-order valence-corrected chi connectivity index (χ0v) is 13.4. The number of H-pyrrole nitrogens is 1. The molecule has 2 aromatic heterocycles. The highest BCUT2D eigenvalue weighted by atomic mass is 32.2. The largest absolute Gasteiger partial charge is 0.449 e. The van der Waals surface area contributed by atoms with Crippen molar-refractivity contribution in [2.24, 2.45) is 0 Å². The van der Waals surface area contributed by atoms with E-state index in [-0.39, 0.29) is 5.09 Å². The number of furan rings is 1. The average Bonchev–Trinajstić information content (AvgIpc) is 3.15. The van der Waals surface area contributed by atoms with Crippen molar-refractivity contribution in [3.8, 4) is 11.3 Å². The predicted octanol–water partition coefficient (Wildman–Crippen LogP) is 3.37. The van der Waals surface area contributed by atoms with Gasteiger partial charge < -0.3 is 9.40 Å². The third-order valence-electron chi connectivity index (χ3n) is 2.99. The summed E-state index contributed by atoms with van der Waals surface area (Å²) in [7, 11) is -3.30. The number of sulfone groups is 1. The minimum Gasteiger partial charge on any atom is -0.449 e. The number of hydrogen-bond donors (Lipinski definition) is 1. The van der Waals surface area contributed by atoms with E-state index in [1.54, 1.807) is 12.3 Å². The predicted molar refractivity (Wildman–Crippen MR) is 85.4 cm³/mol. The topological polar surface area (TPSA) is 76.0 Å². The molecule has 1 aromatic carbocycles. The lowest BCUT2D eigenvalue weighted by Crippen LogP contribution is -1.93. The minimum absolute atomic E-state index is 0.00693. The van der Waals surface area contributed by atoms with Gasteiger partial charge in [-0.3, -0.25) is 0 Å². The van der Waals surface area contributed by atoms with Crippen LogP contribution >= 0.6 is 11.8 Å². The molecule has 22 heavy (non-hydrogen) atoms. The average molecular weight is 334 g/mol. The molecule has 0 saturated heterocycles. The van der Waals surface area contributed by atoms with Crippen molar-refractivity contribution in [3.63, 3.8) is 0 Å². The van der Waals surface area contributed by atoms with Gasteiger partial charge in [-0.15, -0.1) is 0 Å². The van der Waals surface area contributed by atoms with Crippen molar-refractivity contribution in [1.82, 2.24) is 9.97 Å². The van der Waals surface area contributed by atoms with E-state index in [4.69, 9.17) is 4.42 Å². The highest BCUT2D eigenvalue weighted by molar-refractivity contribution is 7.98. The standard InChI is InChI=1S/C15H14N2O3S2/c1-22(18,19)14-8-7-12(20-14)10-21-15-16-9-13(17-15)11-5-3-2-4-6-11/h2-9H,10H2,1H3,(H,16,17). The maximum Gasteiger partial charge on any atom is 0.217 e. The Labute approximate surface area is 132 Å². The second kappa shape index (κ2) is 6.02. The van der Waals surface area contributed by atoms with Crippen molar-refractivity contribution in [2.75, 3.05) is 6.26 Å². The van der Waals surface area contributed by atoms with E-state index in [0.717, 1.165) is 22.7 Å². The Kier molecular flexibility index (Phi) is 4.08. The molecule has 0 atom stereocenters. The van der Waals surface area contributed by atoms with E-state index in [0.29, 0.717) is 11.5 Å². The van der Waals surface area contributed by atoms with Crippen LogP contribution in [0.15, 0.2) is 63.3 Å². The van der Waals surface area contributed by atoms with Crippen molar-refractivity contribution in [1.29, 1.82) is 0 Å². The van der Waals surface area contributed by atoms with Crippen LogP contribution in [0.5, 0.6) is 0 Å². The van der Waals surface area contributed by atoms with Crippen LogP contribution in [0.25, 0.3) is 11.3 Å². The summed E-state index contributed by atoms with van der Waals surface area (Å²) < 4.78 is 28.0. The second-order valence-corrected chi connectivity index (χ2v) is 7.66. The van der Waals surface area contributed by atoms with Crippen LogP contribution in [0, 0.1) is 0 Å². The van der Waals surface area contributed by atoms with Gasteiger partial charge in [0.1, 0.15) is 5.76 Å². The lowest BCUT2D eigenvalue weighted by atomic mass is 10.2. The number of thioether (sulfide) groups is 1. The van der Waals surface area contributed by atoms with Crippen molar-refractivity contribution < 1.29 is 12.8 Å². The van der Waals surface area contributed by atoms with Crippen LogP contribution in [0.1, 0.15) is 5.76 Å². The number of hydrogen-bond acceptors (Lipinski definition) is 5. The van der Waals surface area contributed by atoms with Gasteiger partial charge in [0.05, 0.1) is 17.6 Å². The normalized spacial score (nSPS) is 11.7. The van der Waals surface area contributed by atoms with Gasteiger partial charge in [-0.2, -0.15) is 0 Å². The van der Waals surface area contributed by atoms with Crippen LogP contribution in [0.4, 0.5) is 0 Å². The Balaban J connectivity index is 1.68. The van der Waals surface area contributed by atoms with E-state index in [1.165, 1.54) is 17.8 Å². The molecule has 0 amide bonds. The molecular weight excluding hydrogens is 320 g/mol. The minimum atomic E-state index is -3.30. The van der Waals surface area contributed by atoms with Gasteiger partial charge in [0.25, 0.3) is 0 Å². The van der Waals surface area contributed by atoms with Gasteiger partial charge in [0, 0.05) is 6.26 Å². The van der Waals surface area contributed by atoms with E-state index in [9.17, 15) is 8.42 Å². The molecule has 5 nitrogen and oxygen atoms in total. The maximum atomic E-state index is 11.4. The Hall–Kier alpha value is -1.99. The molecule has 7 heteroatoms. The molecule has 1 N–H and O–H groups in total. The lowest BCUT2D eigenvalue weighted by Gasteiger charge is -1.97. The molecule has 0 aliphatic carbocycles. The number of imidazole rings is 1. The molecule has 0 aliphatic rings. The molecule has 0 saturated carbocycles. The highest BCUT2D eigenvalue weighted by Crippen LogP contribution is 2.25. The molecule has 0 fully saturated rings. The van der Waals surface area contributed by atoms with Crippen LogP contribution in [0.3, 0.4) is 0 Å². The van der Waals surface area contributed by atoms with Gasteiger partial charge >= 0.3 is 0 Å². The van der Waals surface area contributed by atoms with Crippen LogP contribution in [-0.2, 0) is 15.6 Å². The van der Waals surface area contributed by atoms with Gasteiger partial charge in [-0.1, -0.05) is 42.1 Å². The summed E-state index contributed by atoms with van der Waals surface area (Å²) in [5.74, 6) is 1.11. The molecule has 114 valence electrons. The van der Waals surface area contributed by atoms with Crippen molar-refractivity contribution >= 4 is 21.6 Å². The monoisotopic (exact) mass is 334 g/mol. The van der Waals surface area contributed by atoms with Gasteiger partial charge in [-0.05, 0) is 17.7 Å². The fourth-order valence-corrected chi connectivity index (χ4v) is 3.23. The first kappa shape index (κ1) is 14.9. The Bertz CT molecular complexity index is 867. The number of nitrogens with zero attached hydrogens (tertiary/aromatic N) is 1. The van der Waals surface area contributed by atoms with Gasteiger partial charge in [0.15, 0.2) is 5.16 Å². The fraction of sp³-hybridized carbons (Fsp3) is 0.133. The van der Waals surface area contributed by atoms with Gasteiger partial charge in [-0.25, -0.2) is 13.4 Å². The summed E-state index contributed by atoms with van der Waals surface area (Å²) >= 11 is 1.46. The first-order chi connectivity index (χ1) is 10.5. The summed E-state index contributed by atoms with van der Waals surface area (Å²) in [6.07, 6.45) is 2.91. The lowest BCUT2D eigenvalue weighted by molar-refractivity contribution is 0.428. The quantitative estimate of drug-likeness (QED) is 0.724. The Morgan fingerprint density at radius 1 is 1.18 bits per heavy atom. The van der Waals surface area contributed by atoms with Crippen LogP contribution in [0.2, 0.25) is 0 Å². The van der Waals surface area contributed by atoms with Crippen LogP contribution in [-0.4, -0.2) is 24.6 Å². The number of aromatic nitrogens is 2. The van der Waals surface area contributed by atoms with Gasteiger partial charge in [0.2, 0.25) is 14.9 Å². The van der Waals surface area contributed by atoms with E-state index in [1.807, 2.05) is 30.3 Å². The van der Waals surface area contributed by atoms with E-state index < -0.39 is 9.84 Å². The summed E-state index contributed by atoms with van der Waals surface area (Å²) in [4.78, 5) is 7.54. The highest BCUT2D eigenvalue weighted by Gasteiger charge is 2.13. The molecule has 0 radical (unpaired) electrons. The first-order valence-corrected chi connectivity index (χ1v) is 9.42. The Morgan fingerprint density at radius 2 is 1.95 bits per heavy atom. The summed E-state index contributed by atoms with van der Waals surface area (Å²) in [6.45, 7) is 0. The molecule has 3 rings (SSSR count). The van der Waals surface area contributed by atoms with Crippen molar-refractivity contribution in [3.05, 3.63) is 54.4 Å². The zero-order valence-electron chi connectivity index (χ0n) is 11.8. The van der Waals surface area contributed by atoms with Crippen LogP contribution < -0.4 is 0 Å². The van der Waals surface area contributed by atoms with E-state index in [2.05, 4.69) is 9.97 Å². The smallest absolute Gasteiger partial charge is 0.217 e. The molecule has 3 aromatic rings. The summed E-state index contributed by atoms with van der Waals surface area (Å²) in [5, 5.41) is 0.753. The molecule has 0 spiro atoms. The number of rotatable bonds is 5. The first-order valence-electron chi connectivity index (χ1n) is 6.54. The molecule has 0 bridgehead atoms. The summed E-state index contributed by atoms with van der Waals surface area (Å²) in [5.41, 5.74) is 2.01. The van der Waals surface area contributed by atoms with E-state index >= 15 is 0 Å². The zero-order chi connectivity index (χ0) is 15.6. The number of nitrogens with one attached hydrogen (secondary N) is 1. The molecular formula is C15H14N2O3S2.